The number of amides is 1. The number of rotatable bonds is 7. The van der Waals surface area contributed by atoms with E-state index in [0.29, 0.717) is 0 Å². The molecule has 0 unspecified atom stereocenters. The van der Waals surface area contributed by atoms with Crippen molar-refractivity contribution in [2.45, 2.75) is 57.6 Å². The minimum Gasteiger partial charge on any atom is -0.463 e. The molecule has 0 aromatic carbocycles. The van der Waals surface area contributed by atoms with Gasteiger partial charge in [-0.3, -0.25) is 23.7 Å². The molecule has 5 atom stereocenters. The highest BCUT2D eigenvalue weighted by atomic mass is 31.2. The van der Waals surface area contributed by atoms with E-state index in [-0.39, 0.29) is 0 Å². The highest BCUT2D eigenvalue weighted by Gasteiger charge is 2.54. The van der Waals surface area contributed by atoms with Gasteiger partial charge in [0.1, 0.15) is 18.8 Å². The molecule has 1 saturated heterocycles. The van der Waals surface area contributed by atoms with Gasteiger partial charge in [0.25, 0.3) is 0 Å². The zero-order valence-electron chi connectivity index (χ0n) is 16.2. The van der Waals surface area contributed by atoms with Crippen molar-refractivity contribution in [2.75, 3.05) is 6.61 Å². The van der Waals surface area contributed by atoms with Crippen LogP contribution in [0.1, 0.15) is 20.8 Å². The molecule has 0 radical (unpaired) electrons. The molecule has 3 N–H and O–H groups in total. The van der Waals surface area contributed by atoms with Crippen molar-refractivity contribution in [3.63, 3.8) is 0 Å². The van der Waals surface area contributed by atoms with Crippen LogP contribution in [0.25, 0.3) is 0 Å². The standard InChI is InChI=1S/C14H19F3NO12P/c1-5(19)26-4-8-10(27-6(2)20)11(28-7(3)21)9(18-13(22)14(15,16)17)12(29-8)30-31(23,24)25/h8-12H,4H2,1-3H3,(H,18,22)(H2,23,24,25)/t8-,9-,10+,11-,12-/m1/s1. The fraction of sp³-hybridized carbons (Fsp3) is 0.714. The number of carbonyl (C=O) groups excluding carboxylic acids is 4. The number of esters is 3. The fourth-order valence-electron chi connectivity index (χ4n) is 2.51. The third kappa shape index (κ3) is 8.78. The molecule has 1 aliphatic rings. The quantitative estimate of drug-likeness (QED) is 0.236. The number of halogens is 3. The van der Waals surface area contributed by atoms with Crippen molar-refractivity contribution in [1.29, 1.82) is 0 Å². The molecule has 1 fully saturated rings. The van der Waals surface area contributed by atoms with Crippen LogP contribution >= 0.6 is 7.82 Å². The van der Waals surface area contributed by atoms with Crippen molar-refractivity contribution < 1.29 is 70.2 Å². The average Bonchev–Trinajstić information content (AvgIpc) is 2.55. The minimum atomic E-state index is -5.46. The number of phosphoric ester groups is 1. The monoisotopic (exact) mass is 481 g/mol. The van der Waals surface area contributed by atoms with Crippen LogP contribution in [0.15, 0.2) is 0 Å². The summed E-state index contributed by atoms with van der Waals surface area (Å²) in [6.45, 7) is 1.94. The van der Waals surface area contributed by atoms with Crippen LogP contribution < -0.4 is 5.32 Å². The lowest BCUT2D eigenvalue weighted by Crippen LogP contribution is -2.67. The molecule has 0 spiro atoms. The molecule has 1 heterocycles. The zero-order chi connectivity index (χ0) is 24.1. The Morgan fingerprint density at radius 3 is 1.94 bits per heavy atom. The molecule has 0 aromatic heterocycles. The van der Waals surface area contributed by atoms with Gasteiger partial charge in [0.15, 0.2) is 18.5 Å². The van der Waals surface area contributed by atoms with E-state index in [9.17, 15) is 36.9 Å². The Labute approximate surface area is 172 Å². The maximum Gasteiger partial charge on any atom is 0.472 e. The van der Waals surface area contributed by atoms with E-state index in [1.54, 1.807) is 0 Å². The van der Waals surface area contributed by atoms with Crippen molar-refractivity contribution in [3.8, 4) is 0 Å². The van der Waals surface area contributed by atoms with E-state index < -0.39 is 75.1 Å². The molecule has 0 bridgehead atoms. The van der Waals surface area contributed by atoms with Gasteiger partial charge in [-0.05, 0) is 0 Å². The van der Waals surface area contributed by atoms with E-state index in [2.05, 4.69) is 9.26 Å². The predicted molar refractivity (Wildman–Crippen MR) is 87.5 cm³/mol. The Morgan fingerprint density at radius 2 is 1.52 bits per heavy atom. The van der Waals surface area contributed by atoms with Gasteiger partial charge in [0.05, 0.1) is 0 Å². The van der Waals surface area contributed by atoms with Crippen LogP contribution in [-0.2, 0) is 47.2 Å². The number of hydrogen-bond acceptors (Lipinski definition) is 10. The summed E-state index contributed by atoms with van der Waals surface area (Å²) in [4.78, 5) is 63.7. The fourth-order valence-corrected chi connectivity index (χ4v) is 2.97. The highest BCUT2D eigenvalue weighted by Crippen LogP contribution is 2.41. The van der Waals surface area contributed by atoms with E-state index in [1.165, 1.54) is 5.32 Å². The van der Waals surface area contributed by atoms with Crippen molar-refractivity contribution in [2.24, 2.45) is 0 Å². The second-order valence-corrected chi connectivity index (χ2v) is 7.28. The Morgan fingerprint density at radius 1 is 1.00 bits per heavy atom. The lowest BCUT2D eigenvalue weighted by molar-refractivity contribution is -0.261. The Bertz CT molecular complexity index is 753. The predicted octanol–water partition coefficient (Wildman–Crippen LogP) is -0.706. The van der Waals surface area contributed by atoms with Crippen molar-refractivity contribution in [3.05, 3.63) is 0 Å². The average molecular weight is 481 g/mol. The second kappa shape index (κ2) is 10.4. The molecule has 178 valence electrons. The van der Waals surface area contributed by atoms with Crippen molar-refractivity contribution >= 4 is 31.6 Å². The molecular formula is C14H19F3NO12P. The smallest absolute Gasteiger partial charge is 0.463 e. The third-order valence-electron chi connectivity index (χ3n) is 3.50. The van der Waals surface area contributed by atoms with Crippen LogP contribution in [-0.4, -0.2) is 77.0 Å². The first-order chi connectivity index (χ1) is 14.0. The largest absolute Gasteiger partial charge is 0.472 e. The summed E-state index contributed by atoms with van der Waals surface area (Å²) in [6, 6.07) is -2.21. The van der Waals surface area contributed by atoms with Crippen LogP contribution in [0.2, 0.25) is 0 Å². The van der Waals surface area contributed by atoms with Gasteiger partial charge in [-0.1, -0.05) is 0 Å². The van der Waals surface area contributed by atoms with E-state index >= 15 is 0 Å². The summed E-state index contributed by atoms with van der Waals surface area (Å²) < 4.78 is 73.4. The SMILES string of the molecule is CC(=O)OC[C@H]1O[C@H](OP(=O)(O)O)[C@H](NC(=O)C(F)(F)F)[C@@H](OC(C)=O)[C@H]1OC(C)=O. The molecule has 1 aliphatic heterocycles. The second-order valence-electron chi connectivity index (χ2n) is 6.09. The highest BCUT2D eigenvalue weighted by molar-refractivity contribution is 7.46. The Hall–Kier alpha value is -2.26. The number of carbonyl (C=O) groups is 4. The van der Waals surface area contributed by atoms with Crippen LogP contribution in [0.4, 0.5) is 13.2 Å². The van der Waals surface area contributed by atoms with Crippen LogP contribution in [0.3, 0.4) is 0 Å². The summed E-state index contributed by atoms with van der Waals surface area (Å²) in [5.74, 6) is -5.63. The first-order valence-corrected chi connectivity index (χ1v) is 9.79. The Kier molecular flexibility index (Phi) is 8.95. The lowest BCUT2D eigenvalue weighted by Gasteiger charge is -2.44. The summed E-state index contributed by atoms with van der Waals surface area (Å²) in [7, 11) is -5.44. The molecule has 17 heteroatoms. The van der Waals surface area contributed by atoms with Crippen molar-refractivity contribution in [1.82, 2.24) is 5.32 Å². The molecule has 31 heavy (non-hydrogen) atoms. The molecule has 1 rings (SSSR count). The number of hydrogen-bond donors (Lipinski definition) is 3. The normalized spacial score (nSPS) is 26.5. The van der Waals surface area contributed by atoms with Crippen LogP contribution in [0, 0.1) is 0 Å². The summed E-state index contributed by atoms with van der Waals surface area (Å²) in [5, 5.41) is 1.34. The first-order valence-electron chi connectivity index (χ1n) is 8.26. The third-order valence-corrected chi connectivity index (χ3v) is 3.98. The lowest BCUT2D eigenvalue weighted by atomic mass is 9.96. The maximum atomic E-state index is 12.8. The number of phosphoric acid groups is 1. The van der Waals surface area contributed by atoms with Gasteiger partial charge in [0, 0.05) is 20.8 Å². The van der Waals surface area contributed by atoms with E-state index in [0.717, 1.165) is 20.8 Å². The van der Waals surface area contributed by atoms with E-state index in [4.69, 9.17) is 24.0 Å². The number of nitrogens with one attached hydrogen (secondary N) is 1. The van der Waals surface area contributed by atoms with Gasteiger partial charge in [-0.25, -0.2) is 4.57 Å². The topological polar surface area (TPSA) is 184 Å². The van der Waals surface area contributed by atoms with Gasteiger partial charge < -0.3 is 34.1 Å². The molecule has 0 aliphatic carbocycles. The summed E-state index contributed by atoms with van der Waals surface area (Å²) in [6.07, 6.45) is -13.2. The minimum absolute atomic E-state index is 0.744. The van der Waals surface area contributed by atoms with Crippen LogP contribution in [0.5, 0.6) is 0 Å². The first kappa shape index (κ1) is 26.8. The Balaban J connectivity index is 3.45. The molecule has 0 saturated carbocycles. The van der Waals surface area contributed by atoms with Gasteiger partial charge in [0.2, 0.25) is 0 Å². The summed E-state index contributed by atoms with van der Waals surface area (Å²) in [5.41, 5.74) is 0. The molecule has 0 aromatic rings. The van der Waals surface area contributed by atoms with Gasteiger partial charge in [-0.15, -0.1) is 0 Å². The number of alkyl halides is 3. The number of ether oxygens (including phenoxy) is 4. The van der Waals surface area contributed by atoms with E-state index in [1.807, 2.05) is 0 Å². The zero-order valence-corrected chi connectivity index (χ0v) is 17.0. The van der Waals surface area contributed by atoms with Gasteiger partial charge in [-0.2, -0.15) is 13.2 Å². The molecule has 13 nitrogen and oxygen atoms in total. The maximum absolute atomic E-state index is 12.8. The molecule has 1 amide bonds. The van der Waals surface area contributed by atoms with Gasteiger partial charge >= 0.3 is 37.8 Å². The summed E-state index contributed by atoms with van der Waals surface area (Å²) >= 11 is 0. The molecular weight excluding hydrogens is 462 g/mol.